The number of rotatable bonds is 4. The largest absolute Gasteiger partial charge is 0.342 e. The summed E-state index contributed by atoms with van der Waals surface area (Å²) in [6.45, 7) is 8.73. The molecule has 0 saturated carbocycles. The van der Waals surface area contributed by atoms with Crippen molar-refractivity contribution in [2.24, 2.45) is 0 Å². The molecule has 110 valence electrons. The van der Waals surface area contributed by atoms with E-state index < -0.39 is 0 Å². The molecule has 1 fully saturated rings. The van der Waals surface area contributed by atoms with Crippen LogP contribution in [0.25, 0.3) is 0 Å². The van der Waals surface area contributed by atoms with E-state index in [2.05, 4.69) is 36.5 Å². The van der Waals surface area contributed by atoms with Crippen LogP contribution in [-0.2, 0) is 4.79 Å². The lowest BCUT2D eigenvalue weighted by Gasteiger charge is -2.33. The van der Waals surface area contributed by atoms with Crippen LogP contribution in [0.5, 0.6) is 0 Å². The number of carbonyl (C=O) groups is 1. The molecular formula is C17H26N2O. The molecule has 1 amide bonds. The molecule has 1 aromatic rings. The van der Waals surface area contributed by atoms with Crippen LogP contribution in [-0.4, -0.2) is 36.5 Å². The quantitative estimate of drug-likeness (QED) is 0.915. The van der Waals surface area contributed by atoms with Gasteiger partial charge in [0.1, 0.15) is 0 Å². The van der Waals surface area contributed by atoms with Gasteiger partial charge in [-0.15, -0.1) is 0 Å². The Morgan fingerprint density at radius 1 is 1.35 bits per heavy atom. The minimum absolute atomic E-state index is 0.0193. The van der Waals surface area contributed by atoms with Crippen LogP contribution in [0.2, 0.25) is 0 Å². The highest BCUT2D eigenvalue weighted by molar-refractivity contribution is 5.82. The monoisotopic (exact) mass is 274 g/mol. The van der Waals surface area contributed by atoms with Crippen LogP contribution in [0.15, 0.2) is 24.3 Å². The molecule has 2 rings (SSSR count). The average molecular weight is 274 g/mol. The van der Waals surface area contributed by atoms with Crippen LogP contribution in [0, 0.1) is 6.92 Å². The first-order valence-electron chi connectivity index (χ1n) is 7.74. The number of likely N-dealkylation sites (N-methyl/N-ethyl adjacent to an activating group) is 1. The van der Waals surface area contributed by atoms with Crippen LogP contribution in [0.3, 0.4) is 0 Å². The van der Waals surface area contributed by atoms with Gasteiger partial charge in [0, 0.05) is 13.1 Å². The molecule has 1 aliphatic heterocycles. The van der Waals surface area contributed by atoms with Gasteiger partial charge in [-0.25, -0.2) is 0 Å². The van der Waals surface area contributed by atoms with Crippen molar-refractivity contribution in [3.05, 3.63) is 35.4 Å². The average Bonchev–Trinajstić information content (AvgIpc) is 2.48. The number of hydrogen-bond donors (Lipinski definition) is 1. The van der Waals surface area contributed by atoms with Gasteiger partial charge in [0.15, 0.2) is 0 Å². The first kappa shape index (κ1) is 15.0. The Bertz CT molecular complexity index is 454. The molecule has 1 N–H and O–H groups in total. The summed E-state index contributed by atoms with van der Waals surface area (Å²) < 4.78 is 0. The van der Waals surface area contributed by atoms with E-state index in [-0.39, 0.29) is 11.9 Å². The second-order valence-electron chi connectivity index (χ2n) is 5.65. The lowest BCUT2D eigenvalue weighted by molar-refractivity contribution is -0.133. The van der Waals surface area contributed by atoms with Crippen molar-refractivity contribution < 1.29 is 4.79 Å². The highest BCUT2D eigenvalue weighted by Crippen LogP contribution is 2.28. The van der Waals surface area contributed by atoms with Gasteiger partial charge in [-0.05, 0) is 51.6 Å². The fraction of sp³-hybridized carbons (Fsp3) is 0.588. The van der Waals surface area contributed by atoms with Gasteiger partial charge >= 0.3 is 0 Å². The second-order valence-corrected chi connectivity index (χ2v) is 5.65. The number of nitrogens with one attached hydrogen (secondary N) is 1. The zero-order valence-corrected chi connectivity index (χ0v) is 12.9. The lowest BCUT2D eigenvalue weighted by Crippen LogP contribution is -2.49. The van der Waals surface area contributed by atoms with Crippen molar-refractivity contribution in [3.8, 4) is 0 Å². The standard InChI is InChI=1S/C17H26N2O/c1-4-19(5-2)17(20)16-12-15(9-10-18-16)14-8-6-7-13(3)11-14/h6-8,11,15-16,18H,4-5,9-10,12H2,1-3H3. The number of hydrogen-bond acceptors (Lipinski definition) is 2. The SMILES string of the molecule is CCN(CC)C(=O)C1CC(c2cccc(C)c2)CCN1. The fourth-order valence-electron chi connectivity index (χ4n) is 3.09. The molecule has 0 spiro atoms. The van der Waals surface area contributed by atoms with Crippen molar-refractivity contribution >= 4 is 5.91 Å². The molecule has 1 heterocycles. The van der Waals surface area contributed by atoms with Gasteiger partial charge in [0.05, 0.1) is 6.04 Å². The van der Waals surface area contributed by atoms with Crippen molar-refractivity contribution in [1.29, 1.82) is 0 Å². The third kappa shape index (κ3) is 3.40. The number of piperidine rings is 1. The summed E-state index contributed by atoms with van der Waals surface area (Å²) in [5.41, 5.74) is 2.68. The van der Waals surface area contributed by atoms with Crippen molar-refractivity contribution in [3.63, 3.8) is 0 Å². The van der Waals surface area contributed by atoms with Gasteiger partial charge in [0.2, 0.25) is 5.91 Å². The van der Waals surface area contributed by atoms with Gasteiger partial charge in [-0.2, -0.15) is 0 Å². The van der Waals surface area contributed by atoms with Crippen LogP contribution in [0.4, 0.5) is 0 Å². The Morgan fingerprint density at radius 3 is 2.75 bits per heavy atom. The maximum Gasteiger partial charge on any atom is 0.239 e. The van der Waals surface area contributed by atoms with Crippen LogP contribution >= 0.6 is 0 Å². The summed E-state index contributed by atoms with van der Waals surface area (Å²) in [7, 11) is 0. The smallest absolute Gasteiger partial charge is 0.239 e. The van der Waals surface area contributed by atoms with E-state index in [9.17, 15) is 4.79 Å². The minimum atomic E-state index is -0.0193. The minimum Gasteiger partial charge on any atom is -0.342 e. The number of aryl methyl sites for hydroxylation is 1. The maximum absolute atomic E-state index is 12.5. The molecule has 1 aromatic carbocycles. The van der Waals surface area contributed by atoms with E-state index in [0.29, 0.717) is 5.92 Å². The first-order chi connectivity index (χ1) is 9.65. The Kier molecular flexibility index (Phi) is 5.18. The molecule has 20 heavy (non-hydrogen) atoms. The Hall–Kier alpha value is -1.35. The lowest BCUT2D eigenvalue weighted by atomic mass is 9.85. The molecule has 2 atom stereocenters. The summed E-state index contributed by atoms with van der Waals surface area (Å²) in [5, 5.41) is 3.39. The van der Waals surface area contributed by atoms with Crippen LogP contribution in [0.1, 0.15) is 43.7 Å². The molecule has 0 radical (unpaired) electrons. The summed E-state index contributed by atoms with van der Waals surface area (Å²) in [4.78, 5) is 14.4. The Balaban J connectivity index is 2.07. The maximum atomic E-state index is 12.5. The van der Waals surface area contributed by atoms with Crippen LogP contribution < -0.4 is 5.32 Å². The summed E-state index contributed by atoms with van der Waals surface area (Å²) >= 11 is 0. The van der Waals surface area contributed by atoms with E-state index in [1.54, 1.807) is 0 Å². The predicted octanol–water partition coefficient (Wildman–Crippen LogP) is 2.70. The topological polar surface area (TPSA) is 32.3 Å². The number of amides is 1. The van der Waals surface area contributed by atoms with Gasteiger partial charge in [-0.1, -0.05) is 29.8 Å². The van der Waals surface area contributed by atoms with Gasteiger partial charge in [-0.3, -0.25) is 4.79 Å². The van der Waals surface area contributed by atoms with E-state index >= 15 is 0 Å². The third-order valence-corrected chi connectivity index (χ3v) is 4.29. The molecule has 0 aromatic heterocycles. The number of carbonyl (C=O) groups excluding carboxylic acids is 1. The first-order valence-corrected chi connectivity index (χ1v) is 7.74. The predicted molar refractivity (Wildman–Crippen MR) is 82.9 cm³/mol. The molecule has 3 nitrogen and oxygen atoms in total. The van der Waals surface area contributed by atoms with Crippen molar-refractivity contribution in [1.82, 2.24) is 10.2 Å². The Labute approximate surface area is 122 Å². The van der Waals surface area contributed by atoms with Crippen molar-refractivity contribution in [2.75, 3.05) is 19.6 Å². The molecule has 0 bridgehead atoms. The third-order valence-electron chi connectivity index (χ3n) is 4.29. The van der Waals surface area contributed by atoms with Gasteiger partial charge < -0.3 is 10.2 Å². The van der Waals surface area contributed by atoms with Gasteiger partial charge in [0.25, 0.3) is 0 Å². The van der Waals surface area contributed by atoms with E-state index in [1.165, 1.54) is 11.1 Å². The number of benzene rings is 1. The molecule has 1 aliphatic rings. The Morgan fingerprint density at radius 2 is 2.10 bits per heavy atom. The summed E-state index contributed by atoms with van der Waals surface area (Å²) in [6.07, 6.45) is 2.03. The molecule has 0 aliphatic carbocycles. The normalized spacial score (nSPS) is 22.6. The molecule has 3 heteroatoms. The molecular weight excluding hydrogens is 248 g/mol. The zero-order chi connectivity index (χ0) is 14.5. The second kappa shape index (κ2) is 6.89. The number of nitrogens with zero attached hydrogens (tertiary/aromatic N) is 1. The van der Waals surface area contributed by atoms with E-state index in [1.807, 2.05) is 18.7 Å². The molecule has 1 saturated heterocycles. The molecule has 2 unspecified atom stereocenters. The van der Waals surface area contributed by atoms with E-state index in [0.717, 1.165) is 32.5 Å². The summed E-state index contributed by atoms with van der Waals surface area (Å²) in [6, 6.07) is 8.68. The highest BCUT2D eigenvalue weighted by Gasteiger charge is 2.29. The zero-order valence-electron chi connectivity index (χ0n) is 12.9. The summed E-state index contributed by atoms with van der Waals surface area (Å²) in [5.74, 6) is 0.757. The van der Waals surface area contributed by atoms with E-state index in [4.69, 9.17) is 0 Å². The van der Waals surface area contributed by atoms with Crippen molar-refractivity contribution in [2.45, 2.75) is 45.6 Å². The fourth-order valence-corrected chi connectivity index (χ4v) is 3.09. The highest BCUT2D eigenvalue weighted by atomic mass is 16.2.